The highest BCUT2D eigenvalue weighted by molar-refractivity contribution is 4.61. The van der Waals surface area contributed by atoms with Crippen LogP contribution in [0, 0.1) is 17.8 Å². The van der Waals surface area contributed by atoms with Crippen LogP contribution < -0.4 is 0 Å². The third-order valence-corrected chi connectivity index (χ3v) is 8.89. The molecule has 0 N–H and O–H groups in total. The van der Waals surface area contributed by atoms with Gasteiger partial charge in [0.15, 0.2) is 0 Å². The first-order valence-corrected chi connectivity index (χ1v) is 17.6. The number of hydrogen-bond donors (Lipinski definition) is 0. The molecular weight excluding hydrogens is 432 g/mol. The smallest absolute Gasteiger partial charge is 0.0443 e. The average Bonchev–Trinajstić information content (AvgIpc) is 2.86. The minimum absolute atomic E-state index is 0.944. The second-order valence-corrected chi connectivity index (χ2v) is 13.1. The van der Waals surface area contributed by atoms with Gasteiger partial charge >= 0.3 is 0 Å². The Morgan fingerprint density at radius 2 is 0.444 bits per heavy atom. The highest BCUT2D eigenvalue weighted by atomic mass is 14.1. The van der Waals surface area contributed by atoms with E-state index in [-0.39, 0.29) is 0 Å². The standard InChI is InChI=1S/C36H74/c1-6-8-10-12-14-15-16-17-18-19-20-21-23-25-29-35(4)31-27-33-36(5)32-26-30-34(3)28-24-22-13-11-9-7-2/h34-36H,6-33H2,1-5H3/t34-,35+,36-/m1/s1. The maximum Gasteiger partial charge on any atom is -0.0443 e. The molecule has 0 rings (SSSR count). The van der Waals surface area contributed by atoms with E-state index in [2.05, 4.69) is 34.6 Å². The summed E-state index contributed by atoms with van der Waals surface area (Å²) < 4.78 is 0. The first kappa shape index (κ1) is 36.0. The summed E-state index contributed by atoms with van der Waals surface area (Å²) in [6.45, 7) is 12.1. The van der Waals surface area contributed by atoms with Crippen molar-refractivity contribution in [1.82, 2.24) is 0 Å². The molecule has 0 heterocycles. The number of hydrogen-bond acceptors (Lipinski definition) is 0. The molecule has 0 aromatic rings. The zero-order valence-electron chi connectivity index (χ0n) is 26.5. The second-order valence-electron chi connectivity index (χ2n) is 13.1. The van der Waals surface area contributed by atoms with Crippen LogP contribution in [0.5, 0.6) is 0 Å². The van der Waals surface area contributed by atoms with Crippen LogP contribution in [0.1, 0.15) is 214 Å². The molecule has 3 atom stereocenters. The SMILES string of the molecule is CCCCCCCCCCCCCCCC[C@H](C)CCC[C@H](C)CCC[C@H](C)CCCCCCCC. The van der Waals surface area contributed by atoms with Gasteiger partial charge in [-0.15, -0.1) is 0 Å². The predicted molar refractivity (Wildman–Crippen MR) is 168 cm³/mol. The molecule has 0 saturated carbocycles. The van der Waals surface area contributed by atoms with Crippen molar-refractivity contribution in [2.24, 2.45) is 17.8 Å². The van der Waals surface area contributed by atoms with E-state index in [1.54, 1.807) is 0 Å². The zero-order valence-corrected chi connectivity index (χ0v) is 26.5. The lowest BCUT2D eigenvalue weighted by atomic mass is 9.90. The summed E-state index contributed by atoms with van der Waals surface area (Å²) in [6, 6.07) is 0. The van der Waals surface area contributed by atoms with Crippen LogP contribution in [0.4, 0.5) is 0 Å². The molecule has 0 aliphatic rings. The van der Waals surface area contributed by atoms with Crippen LogP contribution >= 0.6 is 0 Å². The molecule has 0 saturated heterocycles. The molecule has 0 aliphatic carbocycles. The first-order chi connectivity index (χ1) is 17.6. The van der Waals surface area contributed by atoms with E-state index in [0.29, 0.717) is 0 Å². The van der Waals surface area contributed by atoms with Gasteiger partial charge in [0.25, 0.3) is 0 Å². The number of unbranched alkanes of at least 4 members (excludes halogenated alkanes) is 18. The van der Waals surface area contributed by atoms with E-state index < -0.39 is 0 Å². The van der Waals surface area contributed by atoms with Crippen molar-refractivity contribution >= 4 is 0 Å². The highest BCUT2D eigenvalue weighted by Crippen LogP contribution is 2.23. The monoisotopic (exact) mass is 507 g/mol. The molecule has 0 nitrogen and oxygen atoms in total. The summed E-state index contributed by atoms with van der Waals surface area (Å²) in [4.78, 5) is 0. The Morgan fingerprint density at radius 1 is 0.250 bits per heavy atom. The minimum Gasteiger partial charge on any atom is -0.0654 e. The molecule has 36 heavy (non-hydrogen) atoms. The van der Waals surface area contributed by atoms with Gasteiger partial charge in [0.2, 0.25) is 0 Å². The normalized spacial score (nSPS) is 14.2. The van der Waals surface area contributed by atoms with Crippen LogP contribution in [-0.4, -0.2) is 0 Å². The molecule has 0 radical (unpaired) electrons. The summed E-state index contributed by atoms with van der Waals surface area (Å²) in [5, 5.41) is 0. The fourth-order valence-corrected chi connectivity index (χ4v) is 6.02. The highest BCUT2D eigenvalue weighted by Gasteiger charge is 2.08. The molecule has 0 aliphatic heterocycles. The minimum atomic E-state index is 0.944. The Balaban J connectivity index is 3.36. The Morgan fingerprint density at radius 3 is 0.694 bits per heavy atom. The molecule has 0 aromatic carbocycles. The van der Waals surface area contributed by atoms with Crippen LogP contribution in [0.3, 0.4) is 0 Å². The maximum atomic E-state index is 2.51. The molecule has 218 valence electrons. The average molecular weight is 507 g/mol. The summed E-state index contributed by atoms with van der Waals surface area (Å²) in [7, 11) is 0. The van der Waals surface area contributed by atoms with Crippen LogP contribution in [0.2, 0.25) is 0 Å². The van der Waals surface area contributed by atoms with Crippen LogP contribution in [0.25, 0.3) is 0 Å². The largest absolute Gasteiger partial charge is 0.0654 e. The predicted octanol–water partition coefficient (Wildman–Crippen LogP) is 13.9. The quantitative estimate of drug-likeness (QED) is 0.0849. The Kier molecular flexibility index (Phi) is 29.6. The molecule has 0 bridgehead atoms. The summed E-state index contributed by atoms with van der Waals surface area (Å²) >= 11 is 0. The van der Waals surface area contributed by atoms with Gasteiger partial charge in [-0.2, -0.15) is 0 Å². The van der Waals surface area contributed by atoms with Crippen LogP contribution in [-0.2, 0) is 0 Å². The zero-order chi connectivity index (χ0) is 26.5. The molecule has 0 spiro atoms. The lowest BCUT2D eigenvalue weighted by molar-refractivity contribution is 0.373. The molecule has 0 amide bonds. The molecule has 0 heteroatoms. The Hall–Kier alpha value is 0. The van der Waals surface area contributed by atoms with E-state index in [4.69, 9.17) is 0 Å². The summed E-state index contributed by atoms with van der Waals surface area (Å²) in [5.74, 6) is 2.85. The van der Waals surface area contributed by atoms with E-state index in [9.17, 15) is 0 Å². The van der Waals surface area contributed by atoms with Crippen molar-refractivity contribution in [2.45, 2.75) is 214 Å². The van der Waals surface area contributed by atoms with Crippen molar-refractivity contribution in [3.63, 3.8) is 0 Å². The van der Waals surface area contributed by atoms with Gasteiger partial charge in [-0.1, -0.05) is 214 Å². The van der Waals surface area contributed by atoms with E-state index in [1.165, 1.54) is 180 Å². The van der Waals surface area contributed by atoms with E-state index in [0.717, 1.165) is 17.8 Å². The van der Waals surface area contributed by atoms with Gasteiger partial charge in [0.05, 0.1) is 0 Å². The van der Waals surface area contributed by atoms with Crippen molar-refractivity contribution in [2.75, 3.05) is 0 Å². The number of rotatable bonds is 30. The van der Waals surface area contributed by atoms with Crippen molar-refractivity contribution < 1.29 is 0 Å². The van der Waals surface area contributed by atoms with Crippen LogP contribution in [0.15, 0.2) is 0 Å². The fourth-order valence-electron chi connectivity index (χ4n) is 6.02. The Labute approximate surface area is 232 Å². The van der Waals surface area contributed by atoms with E-state index in [1.807, 2.05) is 0 Å². The fraction of sp³-hybridized carbons (Fsp3) is 1.00. The summed E-state index contributed by atoms with van der Waals surface area (Å²) in [5.41, 5.74) is 0. The summed E-state index contributed by atoms with van der Waals surface area (Å²) in [6.07, 6.45) is 41.0. The van der Waals surface area contributed by atoms with Gasteiger partial charge in [0, 0.05) is 0 Å². The van der Waals surface area contributed by atoms with Gasteiger partial charge in [-0.25, -0.2) is 0 Å². The van der Waals surface area contributed by atoms with Crippen molar-refractivity contribution in [3.05, 3.63) is 0 Å². The molecular formula is C36H74. The third-order valence-electron chi connectivity index (χ3n) is 8.89. The van der Waals surface area contributed by atoms with Gasteiger partial charge in [-0.3, -0.25) is 0 Å². The lowest BCUT2D eigenvalue weighted by Crippen LogP contribution is -2.01. The first-order valence-electron chi connectivity index (χ1n) is 17.6. The maximum absolute atomic E-state index is 2.51. The van der Waals surface area contributed by atoms with Gasteiger partial charge < -0.3 is 0 Å². The topological polar surface area (TPSA) is 0 Å². The molecule has 0 aromatic heterocycles. The molecule has 0 unspecified atom stereocenters. The second kappa shape index (κ2) is 29.6. The van der Waals surface area contributed by atoms with Gasteiger partial charge in [0.1, 0.15) is 0 Å². The third kappa shape index (κ3) is 28.6. The Bertz CT molecular complexity index is 385. The van der Waals surface area contributed by atoms with Crippen molar-refractivity contribution in [3.8, 4) is 0 Å². The molecule has 0 fully saturated rings. The van der Waals surface area contributed by atoms with Crippen molar-refractivity contribution in [1.29, 1.82) is 0 Å². The van der Waals surface area contributed by atoms with Gasteiger partial charge in [-0.05, 0) is 17.8 Å². The lowest BCUT2D eigenvalue weighted by Gasteiger charge is -2.16. The van der Waals surface area contributed by atoms with E-state index >= 15 is 0 Å².